The number of benzene rings is 1. The second kappa shape index (κ2) is 4.96. The monoisotopic (exact) mass is 234 g/mol. The standard InChI is InChI=1S/C14H22N2O/c1-11-3-4-13(12(15)9-11)16-10-14(2)5-7-17-8-6-14/h3-4,9,16H,5-8,10,15H2,1-2H3. The molecule has 2 rings (SSSR count). The normalized spacial score (nSPS) is 18.9. The van der Waals surface area contributed by atoms with Gasteiger partial charge in [0, 0.05) is 19.8 Å². The van der Waals surface area contributed by atoms with Crippen molar-refractivity contribution in [2.24, 2.45) is 5.41 Å². The molecule has 1 heterocycles. The van der Waals surface area contributed by atoms with Crippen LogP contribution in [0.5, 0.6) is 0 Å². The van der Waals surface area contributed by atoms with Crippen LogP contribution in [0.1, 0.15) is 25.3 Å². The molecule has 1 fully saturated rings. The molecule has 0 amide bonds. The van der Waals surface area contributed by atoms with Crippen LogP contribution in [-0.4, -0.2) is 19.8 Å². The maximum absolute atomic E-state index is 5.99. The first kappa shape index (κ1) is 12.2. The third-order valence-electron chi connectivity index (χ3n) is 3.61. The van der Waals surface area contributed by atoms with Crippen LogP contribution in [0.25, 0.3) is 0 Å². The van der Waals surface area contributed by atoms with Crippen LogP contribution >= 0.6 is 0 Å². The van der Waals surface area contributed by atoms with Crippen molar-refractivity contribution in [1.29, 1.82) is 0 Å². The summed E-state index contributed by atoms with van der Waals surface area (Å²) in [6.07, 6.45) is 2.23. The molecular weight excluding hydrogens is 212 g/mol. The SMILES string of the molecule is Cc1ccc(NCC2(C)CCOCC2)c(N)c1. The van der Waals surface area contributed by atoms with Crippen LogP contribution in [0.2, 0.25) is 0 Å². The van der Waals surface area contributed by atoms with E-state index in [0.717, 1.165) is 44.0 Å². The van der Waals surface area contributed by atoms with Crippen molar-refractivity contribution in [3.05, 3.63) is 23.8 Å². The summed E-state index contributed by atoms with van der Waals surface area (Å²) in [5.74, 6) is 0. The highest BCUT2D eigenvalue weighted by Crippen LogP contribution is 2.31. The minimum Gasteiger partial charge on any atom is -0.397 e. The molecule has 0 saturated carbocycles. The summed E-state index contributed by atoms with van der Waals surface area (Å²) in [4.78, 5) is 0. The highest BCUT2D eigenvalue weighted by Gasteiger charge is 2.27. The molecule has 1 aromatic carbocycles. The van der Waals surface area contributed by atoms with Gasteiger partial charge in [0.25, 0.3) is 0 Å². The molecule has 3 N–H and O–H groups in total. The lowest BCUT2D eigenvalue weighted by atomic mass is 9.82. The molecule has 1 aromatic rings. The Hall–Kier alpha value is -1.22. The number of nitrogen functional groups attached to an aromatic ring is 1. The molecule has 17 heavy (non-hydrogen) atoms. The molecule has 0 radical (unpaired) electrons. The molecular formula is C14H22N2O. The number of rotatable bonds is 3. The van der Waals surface area contributed by atoms with Gasteiger partial charge in [0.15, 0.2) is 0 Å². The number of ether oxygens (including phenoxy) is 1. The fourth-order valence-electron chi connectivity index (χ4n) is 2.19. The van der Waals surface area contributed by atoms with E-state index in [1.165, 1.54) is 5.56 Å². The summed E-state index contributed by atoms with van der Waals surface area (Å²) in [6.45, 7) is 7.08. The first-order valence-corrected chi connectivity index (χ1v) is 6.27. The van der Waals surface area contributed by atoms with Gasteiger partial charge in [-0.05, 0) is 42.9 Å². The number of nitrogens with one attached hydrogen (secondary N) is 1. The molecule has 0 spiro atoms. The molecule has 1 saturated heterocycles. The summed E-state index contributed by atoms with van der Waals surface area (Å²) in [7, 11) is 0. The van der Waals surface area contributed by atoms with Crippen LogP contribution in [0.3, 0.4) is 0 Å². The van der Waals surface area contributed by atoms with E-state index in [2.05, 4.69) is 31.3 Å². The van der Waals surface area contributed by atoms with Crippen LogP contribution in [0, 0.1) is 12.3 Å². The van der Waals surface area contributed by atoms with Gasteiger partial charge < -0.3 is 15.8 Å². The average Bonchev–Trinajstić information content (AvgIpc) is 2.29. The topological polar surface area (TPSA) is 47.3 Å². The fourth-order valence-corrected chi connectivity index (χ4v) is 2.19. The van der Waals surface area contributed by atoms with Gasteiger partial charge in [-0.2, -0.15) is 0 Å². The van der Waals surface area contributed by atoms with E-state index in [1.54, 1.807) is 0 Å². The predicted molar refractivity (Wildman–Crippen MR) is 72.2 cm³/mol. The van der Waals surface area contributed by atoms with Gasteiger partial charge in [-0.15, -0.1) is 0 Å². The van der Waals surface area contributed by atoms with E-state index in [9.17, 15) is 0 Å². The Bertz CT molecular complexity index is 384. The van der Waals surface area contributed by atoms with E-state index in [-0.39, 0.29) is 0 Å². The average molecular weight is 234 g/mol. The number of anilines is 2. The van der Waals surface area contributed by atoms with Crippen molar-refractivity contribution in [3.8, 4) is 0 Å². The van der Waals surface area contributed by atoms with E-state index in [4.69, 9.17) is 10.5 Å². The predicted octanol–water partition coefficient (Wildman–Crippen LogP) is 2.81. The molecule has 94 valence electrons. The third-order valence-corrected chi connectivity index (χ3v) is 3.61. The highest BCUT2D eigenvalue weighted by atomic mass is 16.5. The Labute approximate surface area is 103 Å². The molecule has 0 unspecified atom stereocenters. The third kappa shape index (κ3) is 3.13. The molecule has 3 nitrogen and oxygen atoms in total. The second-order valence-electron chi connectivity index (χ2n) is 5.37. The maximum Gasteiger partial charge on any atom is 0.0574 e. The van der Waals surface area contributed by atoms with Crippen molar-refractivity contribution in [1.82, 2.24) is 0 Å². The van der Waals surface area contributed by atoms with Crippen LogP contribution in [0.4, 0.5) is 11.4 Å². The molecule has 0 atom stereocenters. The number of hydrogen-bond acceptors (Lipinski definition) is 3. The number of nitrogens with two attached hydrogens (primary N) is 1. The summed E-state index contributed by atoms with van der Waals surface area (Å²) in [6, 6.07) is 6.16. The van der Waals surface area contributed by atoms with Crippen LogP contribution in [0.15, 0.2) is 18.2 Å². The number of hydrogen-bond donors (Lipinski definition) is 2. The Morgan fingerprint density at radius 2 is 2.06 bits per heavy atom. The quantitative estimate of drug-likeness (QED) is 0.791. The molecule has 0 bridgehead atoms. The van der Waals surface area contributed by atoms with Crippen LogP contribution < -0.4 is 11.1 Å². The van der Waals surface area contributed by atoms with Gasteiger partial charge in [0.2, 0.25) is 0 Å². The van der Waals surface area contributed by atoms with Gasteiger partial charge in [-0.3, -0.25) is 0 Å². The van der Waals surface area contributed by atoms with E-state index in [0.29, 0.717) is 5.41 Å². The summed E-state index contributed by atoms with van der Waals surface area (Å²) < 4.78 is 5.40. The van der Waals surface area contributed by atoms with E-state index in [1.807, 2.05) is 6.07 Å². The lowest BCUT2D eigenvalue weighted by Gasteiger charge is -2.34. The number of aryl methyl sites for hydroxylation is 1. The lowest BCUT2D eigenvalue weighted by Crippen LogP contribution is -2.33. The molecule has 0 aromatic heterocycles. The Kier molecular flexibility index (Phi) is 3.57. The zero-order valence-electron chi connectivity index (χ0n) is 10.8. The Morgan fingerprint density at radius 3 is 2.71 bits per heavy atom. The van der Waals surface area contributed by atoms with Crippen molar-refractivity contribution in [2.75, 3.05) is 30.8 Å². The summed E-state index contributed by atoms with van der Waals surface area (Å²) in [5.41, 5.74) is 9.40. The van der Waals surface area contributed by atoms with Crippen molar-refractivity contribution >= 4 is 11.4 Å². The Morgan fingerprint density at radius 1 is 1.35 bits per heavy atom. The van der Waals surface area contributed by atoms with Crippen molar-refractivity contribution in [2.45, 2.75) is 26.7 Å². The second-order valence-corrected chi connectivity index (χ2v) is 5.37. The summed E-state index contributed by atoms with van der Waals surface area (Å²) in [5, 5.41) is 3.47. The fraction of sp³-hybridized carbons (Fsp3) is 0.571. The smallest absolute Gasteiger partial charge is 0.0574 e. The maximum atomic E-state index is 5.99. The van der Waals surface area contributed by atoms with E-state index < -0.39 is 0 Å². The molecule has 1 aliphatic heterocycles. The Balaban J connectivity index is 1.97. The highest BCUT2D eigenvalue weighted by molar-refractivity contribution is 5.66. The minimum absolute atomic E-state index is 0.329. The van der Waals surface area contributed by atoms with Crippen LogP contribution in [-0.2, 0) is 4.74 Å². The zero-order valence-corrected chi connectivity index (χ0v) is 10.8. The van der Waals surface area contributed by atoms with Gasteiger partial charge >= 0.3 is 0 Å². The van der Waals surface area contributed by atoms with Gasteiger partial charge in [-0.1, -0.05) is 13.0 Å². The summed E-state index contributed by atoms with van der Waals surface area (Å²) >= 11 is 0. The van der Waals surface area contributed by atoms with Crippen molar-refractivity contribution in [3.63, 3.8) is 0 Å². The first-order valence-electron chi connectivity index (χ1n) is 6.27. The van der Waals surface area contributed by atoms with E-state index >= 15 is 0 Å². The van der Waals surface area contributed by atoms with Gasteiger partial charge in [0.05, 0.1) is 11.4 Å². The molecule has 3 heteroatoms. The minimum atomic E-state index is 0.329. The van der Waals surface area contributed by atoms with Crippen molar-refractivity contribution < 1.29 is 4.74 Å². The lowest BCUT2D eigenvalue weighted by molar-refractivity contribution is 0.0300. The molecule has 0 aliphatic carbocycles. The zero-order chi connectivity index (χ0) is 12.3. The van der Waals surface area contributed by atoms with Gasteiger partial charge in [0.1, 0.15) is 0 Å². The molecule has 1 aliphatic rings. The first-order chi connectivity index (χ1) is 8.09. The van der Waals surface area contributed by atoms with Gasteiger partial charge in [-0.25, -0.2) is 0 Å². The largest absolute Gasteiger partial charge is 0.397 e.